The van der Waals surface area contributed by atoms with E-state index in [1.807, 2.05) is 34.6 Å². The van der Waals surface area contributed by atoms with Crippen LogP contribution in [0.3, 0.4) is 0 Å². The molecule has 4 aliphatic rings. The second kappa shape index (κ2) is 33.2. The predicted molar refractivity (Wildman–Crippen MR) is 332 cm³/mol. The zero-order chi connectivity index (χ0) is 68.9. The number of nitrogens with one attached hydrogen (secondary N) is 4. The molecule has 0 aromatic heterocycles. The SMILES string of the molecule is CC[C@H](C)[C@@H]1NC(=O)[C@H](CC(C)C)N(C)C(=O)C[C@@H](C)NC(=O)[C@H](CC(C)C)N(C)C(=O)C2(CCCC2)NC(=O)[C@@H]2CCCN2C(=O)[C@H](CCc2cc(F)c(C(F)(F)F)c(F)c2)NC(=O)CN(C)C(=O)[C@H](CC2CCCCC2)N(C)C(=O)CN(C)C(=O)CN(C)C1=O. The molecule has 2 aliphatic heterocycles. The number of benzene rings is 1. The number of aryl methyl sites for hydroxylation is 1. The van der Waals surface area contributed by atoms with Gasteiger partial charge in [-0.25, -0.2) is 8.78 Å². The highest BCUT2D eigenvalue weighted by molar-refractivity contribution is 5.99. The number of rotatable bonds is 11. The maximum absolute atomic E-state index is 15.0. The molecule has 5 rings (SSSR count). The average molecular weight is 1310 g/mol. The van der Waals surface area contributed by atoms with E-state index >= 15 is 4.79 Å². The summed E-state index contributed by atoms with van der Waals surface area (Å²) in [5, 5.41) is 11.3. The van der Waals surface area contributed by atoms with Crippen LogP contribution in [0, 0.1) is 35.3 Å². The number of carbonyl (C=O) groups is 11. The van der Waals surface area contributed by atoms with E-state index in [4.69, 9.17) is 0 Å². The lowest BCUT2D eigenvalue weighted by atomic mass is 9.84. The van der Waals surface area contributed by atoms with E-state index in [1.165, 1.54) is 61.9 Å². The van der Waals surface area contributed by atoms with E-state index in [2.05, 4.69) is 21.3 Å². The van der Waals surface area contributed by atoms with Gasteiger partial charge in [0, 0.05) is 61.3 Å². The third kappa shape index (κ3) is 19.8. The molecule has 2 saturated carbocycles. The van der Waals surface area contributed by atoms with Gasteiger partial charge in [-0.2, -0.15) is 13.2 Å². The number of hydrogen-bond donors (Lipinski definition) is 4. The van der Waals surface area contributed by atoms with Gasteiger partial charge in [0.25, 0.3) is 0 Å². The van der Waals surface area contributed by atoms with Crippen LogP contribution in [0.1, 0.15) is 169 Å². The Morgan fingerprint density at radius 1 is 0.598 bits per heavy atom. The van der Waals surface area contributed by atoms with Crippen LogP contribution in [-0.4, -0.2) is 216 Å². The van der Waals surface area contributed by atoms with Gasteiger partial charge in [0.1, 0.15) is 59.0 Å². The first-order chi connectivity index (χ1) is 43.0. The van der Waals surface area contributed by atoms with Gasteiger partial charge in [0.05, 0.1) is 19.6 Å². The molecule has 4 fully saturated rings. The molecular formula is C65H100F5N11O11. The topological polar surface area (TPSA) is 259 Å². The summed E-state index contributed by atoms with van der Waals surface area (Å²) in [7, 11) is 8.36. The van der Waals surface area contributed by atoms with Gasteiger partial charge in [-0.1, -0.05) is 92.9 Å². The molecule has 11 amide bonds. The summed E-state index contributed by atoms with van der Waals surface area (Å²) >= 11 is 0. The number of amides is 11. The third-order valence-electron chi connectivity index (χ3n) is 18.8. The first-order valence-corrected chi connectivity index (χ1v) is 32.6. The van der Waals surface area contributed by atoms with Gasteiger partial charge < -0.3 is 55.6 Å². The van der Waals surface area contributed by atoms with Crippen LogP contribution in [0.2, 0.25) is 0 Å². The van der Waals surface area contributed by atoms with Crippen LogP contribution in [0.15, 0.2) is 12.1 Å². The lowest BCUT2D eigenvalue weighted by Gasteiger charge is -2.39. The molecule has 2 saturated heterocycles. The zero-order valence-electron chi connectivity index (χ0n) is 56.1. The van der Waals surface area contributed by atoms with Crippen molar-refractivity contribution in [3.8, 4) is 0 Å². The highest BCUT2D eigenvalue weighted by atomic mass is 19.4. The molecule has 1 spiro atoms. The van der Waals surface area contributed by atoms with E-state index < -0.39 is 175 Å². The quantitative estimate of drug-likeness (QED) is 0.210. The van der Waals surface area contributed by atoms with E-state index in [9.17, 15) is 69.9 Å². The fraction of sp³-hybridized carbons (Fsp3) is 0.738. The summed E-state index contributed by atoms with van der Waals surface area (Å²) in [4.78, 5) is 168. The number of fused-ring (bicyclic) bond motifs is 1. The molecule has 2 heterocycles. The Morgan fingerprint density at radius 2 is 1.14 bits per heavy atom. The fourth-order valence-corrected chi connectivity index (χ4v) is 13.1. The maximum atomic E-state index is 15.0. The average Bonchev–Trinajstić information content (AvgIpc) is 1.49. The Labute approximate surface area is 538 Å². The Balaban J connectivity index is 1.56. The molecule has 1 aromatic rings. The first-order valence-electron chi connectivity index (χ1n) is 32.6. The first kappa shape index (κ1) is 75.8. The van der Waals surface area contributed by atoms with E-state index in [1.54, 1.807) is 13.8 Å². The van der Waals surface area contributed by atoms with Crippen molar-refractivity contribution in [2.24, 2.45) is 23.7 Å². The van der Waals surface area contributed by atoms with Gasteiger partial charge in [-0.05, 0) is 106 Å². The van der Waals surface area contributed by atoms with Crippen molar-refractivity contribution < 1.29 is 74.7 Å². The van der Waals surface area contributed by atoms with Crippen molar-refractivity contribution >= 4 is 65.0 Å². The van der Waals surface area contributed by atoms with Gasteiger partial charge in [0.15, 0.2) is 0 Å². The lowest BCUT2D eigenvalue weighted by molar-refractivity contribution is -0.149. The smallest absolute Gasteiger partial charge is 0.351 e. The molecule has 516 valence electrons. The summed E-state index contributed by atoms with van der Waals surface area (Å²) in [6, 6.07) is -7.24. The highest BCUT2D eigenvalue weighted by Gasteiger charge is 2.49. The molecule has 1 aromatic carbocycles. The standard InChI is InChI=1S/C65H100F5N11O11/c1-14-40(6)56-62(91)77(10)36-53(84)75(8)37-54(85)79(12)50(34-42-21-16-15-17-22-42)61(90)76(9)35-51(82)72-46(25-24-43-32-44(66)55(45(67)33-43)65(68,69)70)60(89)81-28-20-23-47(81)59(88)74-64(26-18-19-27-64)63(92)80(13)49(30-39(4)5)57(86)71-41(7)31-52(83)78(11)48(29-38(2)3)58(87)73-56/h32-33,38-42,46-50,56H,14-31,34-37H2,1-13H3,(H,71,86)(H,72,82)(H,73,87)(H,74,88)/t40-,41+,46-,47-,48-,49-,50-,56-/m0/s1. The molecule has 8 atom stereocenters. The molecule has 2 aliphatic carbocycles. The molecule has 92 heavy (non-hydrogen) atoms. The highest BCUT2D eigenvalue weighted by Crippen LogP contribution is 2.36. The monoisotopic (exact) mass is 1310 g/mol. The molecule has 0 bridgehead atoms. The number of nitrogens with zero attached hydrogens (tertiary/aromatic N) is 7. The molecule has 0 radical (unpaired) electrons. The molecular weight excluding hydrogens is 1210 g/mol. The molecule has 27 heteroatoms. The second-order valence-electron chi connectivity index (χ2n) is 27.2. The normalized spacial score (nSPS) is 26.0. The minimum Gasteiger partial charge on any atom is -0.351 e. The van der Waals surface area contributed by atoms with Crippen LogP contribution in [0.25, 0.3) is 0 Å². The Bertz CT molecular complexity index is 2810. The number of hydrogen-bond acceptors (Lipinski definition) is 11. The molecule has 22 nitrogen and oxygen atoms in total. The fourth-order valence-electron chi connectivity index (χ4n) is 13.1. The van der Waals surface area contributed by atoms with E-state index in [0.29, 0.717) is 31.4 Å². The summed E-state index contributed by atoms with van der Waals surface area (Å²) in [5.41, 5.74) is -3.96. The van der Waals surface area contributed by atoms with Crippen molar-refractivity contribution in [1.82, 2.24) is 55.6 Å². The van der Waals surface area contributed by atoms with Gasteiger partial charge in [0.2, 0.25) is 65.0 Å². The van der Waals surface area contributed by atoms with Gasteiger partial charge >= 0.3 is 6.18 Å². The number of likely N-dealkylation sites (N-methyl/N-ethyl adjacent to an activating group) is 6. The van der Waals surface area contributed by atoms with Crippen molar-refractivity contribution in [3.05, 3.63) is 34.9 Å². The van der Waals surface area contributed by atoms with Crippen molar-refractivity contribution in [3.63, 3.8) is 0 Å². The summed E-state index contributed by atoms with van der Waals surface area (Å²) < 4.78 is 70.8. The number of carbonyl (C=O) groups excluding carboxylic acids is 11. The largest absolute Gasteiger partial charge is 0.422 e. The lowest BCUT2D eigenvalue weighted by Crippen LogP contribution is -2.64. The zero-order valence-corrected chi connectivity index (χ0v) is 56.1. The Hall–Kier alpha value is -6.96. The Kier molecular flexibility index (Phi) is 27.4. The second-order valence-corrected chi connectivity index (χ2v) is 27.2. The van der Waals surface area contributed by atoms with Crippen molar-refractivity contribution in [1.29, 1.82) is 0 Å². The summed E-state index contributed by atoms with van der Waals surface area (Å²) in [5.74, 6) is -12.0. The van der Waals surface area contributed by atoms with Crippen LogP contribution < -0.4 is 21.3 Å². The molecule has 0 unspecified atom stereocenters. The Morgan fingerprint density at radius 3 is 1.71 bits per heavy atom. The minimum atomic E-state index is -5.37. The third-order valence-corrected chi connectivity index (χ3v) is 18.8. The van der Waals surface area contributed by atoms with Crippen LogP contribution >= 0.6 is 0 Å². The van der Waals surface area contributed by atoms with Crippen LogP contribution in [0.4, 0.5) is 22.0 Å². The summed E-state index contributed by atoms with van der Waals surface area (Å²) in [6.07, 6.45) is 0.300. The van der Waals surface area contributed by atoms with E-state index in [-0.39, 0.29) is 81.2 Å². The van der Waals surface area contributed by atoms with Crippen molar-refractivity contribution in [2.75, 3.05) is 68.5 Å². The number of alkyl halides is 3. The van der Waals surface area contributed by atoms with Crippen LogP contribution in [0.5, 0.6) is 0 Å². The van der Waals surface area contributed by atoms with Gasteiger partial charge in [-0.3, -0.25) is 52.7 Å². The molecule has 4 N–H and O–H groups in total. The van der Waals surface area contributed by atoms with Gasteiger partial charge in [-0.15, -0.1) is 0 Å². The van der Waals surface area contributed by atoms with Crippen molar-refractivity contribution in [2.45, 2.75) is 218 Å². The minimum absolute atomic E-state index is 0.0115. The maximum Gasteiger partial charge on any atom is 0.422 e. The van der Waals surface area contributed by atoms with E-state index in [0.717, 1.165) is 46.8 Å². The van der Waals surface area contributed by atoms with Crippen LogP contribution in [-0.2, 0) is 65.3 Å². The predicted octanol–water partition coefficient (Wildman–Crippen LogP) is 5.18. The number of halogens is 5. The summed E-state index contributed by atoms with van der Waals surface area (Å²) in [6.45, 7) is 10.8.